The summed E-state index contributed by atoms with van der Waals surface area (Å²) in [5.74, 6) is 0.272. The first-order valence-corrected chi connectivity index (χ1v) is 7.37. The predicted molar refractivity (Wildman–Crippen MR) is 81.0 cm³/mol. The first-order chi connectivity index (χ1) is 11.0. The van der Waals surface area contributed by atoms with Crippen molar-refractivity contribution in [3.05, 3.63) is 35.8 Å². The lowest BCUT2D eigenvalue weighted by molar-refractivity contribution is 0.0267. The Labute approximate surface area is 133 Å². The number of aromatic nitrogens is 4. The number of aliphatic hydroxyl groups is 1. The summed E-state index contributed by atoms with van der Waals surface area (Å²) in [7, 11) is 1.52. The van der Waals surface area contributed by atoms with E-state index in [-0.39, 0.29) is 12.5 Å². The molecule has 0 aliphatic carbocycles. The Bertz CT molecular complexity index is 703. The number of methoxy groups -OCH3 is 1. The van der Waals surface area contributed by atoms with Gasteiger partial charge in [0, 0.05) is 30.1 Å². The van der Waals surface area contributed by atoms with Gasteiger partial charge >= 0.3 is 0 Å². The van der Waals surface area contributed by atoms with Crippen molar-refractivity contribution >= 4 is 5.91 Å². The Hall–Kier alpha value is -2.48. The largest absolute Gasteiger partial charge is 0.481 e. The molecular weight excluding hydrogens is 298 g/mol. The zero-order valence-corrected chi connectivity index (χ0v) is 13.1. The zero-order valence-electron chi connectivity index (χ0n) is 13.1. The van der Waals surface area contributed by atoms with E-state index in [1.807, 2.05) is 6.92 Å². The van der Waals surface area contributed by atoms with Crippen LogP contribution in [0.2, 0.25) is 0 Å². The first-order valence-electron chi connectivity index (χ1n) is 7.37. The van der Waals surface area contributed by atoms with Gasteiger partial charge in [-0.2, -0.15) is 0 Å². The Balaban J connectivity index is 1.73. The lowest BCUT2D eigenvalue weighted by atomic mass is 10.0. The van der Waals surface area contributed by atoms with Crippen molar-refractivity contribution in [3.8, 4) is 5.88 Å². The van der Waals surface area contributed by atoms with Gasteiger partial charge in [0.05, 0.1) is 26.4 Å². The molecule has 1 aliphatic rings. The quantitative estimate of drug-likeness (QED) is 0.870. The van der Waals surface area contributed by atoms with Crippen LogP contribution in [-0.2, 0) is 6.54 Å². The lowest BCUT2D eigenvalue weighted by Crippen LogP contribution is -2.39. The minimum atomic E-state index is -0.991. The second-order valence-corrected chi connectivity index (χ2v) is 5.84. The summed E-state index contributed by atoms with van der Waals surface area (Å²) < 4.78 is 6.69. The predicted octanol–water partition coefficient (Wildman–Crippen LogP) is 0.267. The van der Waals surface area contributed by atoms with Crippen LogP contribution in [-0.4, -0.2) is 61.7 Å². The molecule has 1 unspecified atom stereocenters. The standard InChI is InChI=1S/C15H19N5O3/c1-11-7-12(8-13(17-11)23-2)14(21)19-5-3-15(22,9-19)10-20-6-4-16-18-20/h4,6-8,22H,3,5,9-10H2,1-2H3. The SMILES string of the molecule is COc1cc(C(=O)N2CCC(O)(Cn3ccnn3)C2)cc(C)n1. The van der Waals surface area contributed by atoms with Gasteiger partial charge in [0.25, 0.3) is 5.91 Å². The van der Waals surface area contributed by atoms with E-state index >= 15 is 0 Å². The second kappa shape index (κ2) is 5.96. The number of pyridine rings is 1. The highest BCUT2D eigenvalue weighted by Gasteiger charge is 2.39. The minimum absolute atomic E-state index is 0.136. The van der Waals surface area contributed by atoms with Gasteiger partial charge in [0.2, 0.25) is 5.88 Å². The van der Waals surface area contributed by atoms with Gasteiger partial charge in [-0.3, -0.25) is 4.79 Å². The normalized spacial score (nSPS) is 20.7. The maximum Gasteiger partial charge on any atom is 0.254 e. The number of hydrogen-bond donors (Lipinski definition) is 1. The molecule has 0 saturated carbocycles. The number of amides is 1. The molecule has 1 aliphatic heterocycles. The molecule has 0 spiro atoms. The van der Waals surface area contributed by atoms with Crippen molar-refractivity contribution in [1.82, 2.24) is 24.9 Å². The van der Waals surface area contributed by atoms with Crippen molar-refractivity contribution in [1.29, 1.82) is 0 Å². The number of hydrogen-bond acceptors (Lipinski definition) is 6. The molecule has 1 saturated heterocycles. The average Bonchev–Trinajstić information content (AvgIpc) is 3.16. The van der Waals surface area contributed by atoms with E-state index in [1.54, 1.807) is 34.1 Å². The van der Waals surface area contributed by atoms with Crippen LogP contribution in [0.15, 0.2) is 24.5 Å². The van der Waals surface area contributed by atoms with Crippen LogP contribution < -0.4 is 4.74 Å². The Kier molecular flexibility index (Phi) is 3.99. The van der Waals surface area contributed by atoms with Crippen LogP contribution in [0.25, 0.3) is 0 Å². The zero-order chi connectivity index (χ0) is 16.4. The van der Waals surface area contributed by atoms with Crippen LogP contribution in [0.5, 0.6) is 5.88 Å². The molecule has 8 heteroatoms. The molecule has 1 atom stereocenters. The van der Waals surface area contributed by atoms with E-state index in [0.717, 1.165) is 0 Å². The molecule has 8 nitrogen and oxygen atoms in total. The number of ether oxygens (including phenoxy) is 1. The number of aryl methyl sites for hydroxylation is 1. The molecule has 3 heterocycles. The summed E-state index contributed by atoms with van der Waals surface area (Å²) in [5, 5.41) is 18.3. The Morgan fingerprint density at radius 2 is 2.30 bits per heavy atom. The van der Waals surface area contributed by atoms with E-state index < -0.39 is 5.60 Å². The third kappa shape index (κ3) is 3.31. The van der Waals surface area contributed by atoms with Gasteiger partial charge in [-0.05, 0) is 19.4 Å². The van der Waals surface area contributed by atoms with Crippen molar-refractivity contribution in [2.24, 2.45) is 0 Å². The van der Waals surface area contributed by atoms with Crippen molar-refractivity contribution in [2.45, 2.75) is 25.5 Å². The van der Waals surface area contributed by atoms with Gasteiger partial charge in [-0.15, -0.1) is 5.10 Å². The molecule has 2 aromatic rings. The molecule has 1 N–H and O–H groups in total. The second-order valence-electron chi connectivity index (χ2n) is 5.84. The van der Waals surface area contributed by atoms with Crippen LogP contribution in [0.1, 0.15) is 22.5 Å². The number of likely N-dealkylation sites (tertiary alicyclic amines) is 1. The van der Waals surface area contributed by atoms with E-state index in [4.69, 9.17) is 4.74 Å². The smallest absolute Gasteiger partial charge is 0.254 e. The maximum atomic E-state index is 12.7. The molecule has 0 aromatic carbocycles. The lowest BCUT2D eigenvalue weighted by Gasteiger charge is -2.23. The highest BCUT2D eigenvalue weighted by molar-refractivity contribution is 5.94. The monoisotopic (exact) mass is 317 g/mol. The van der Waals surface area contributed by atoms with E-state index in [9.17, 15) is 9.90 Å². The number of carbonyl (C=O) groups excluding carboxylic acids is 1. The molecule has 23 heavy (non-hydrogen) atoms. The fourth-order valence-corrected chi connectivity index (χ4v) is 2.83. The van der Waals surface area contributed by atoms with E-state index in [0.29, 0.717) is 36.6 Å². The fourth-order valence-electron chi connectivity index (χ4n) is 2.83. The summed E-state index contributed by atoms with van der Waals surface area (Å²) in [6.07, 6.45) is 3.76. The summed E-state index contributed by atoms with van der Waals surface area (Å²) in [6.45, 7) is 2.88. The van der Waals surface area contributed by atoms with Gasteiger partial charge in [-0.1, -0.05) is 5.21 Å². The summed E-state index contributed by atoms with van der Waals surface area (Å²) in [5.41, 5.74) is 0.235. The number of carbonyl (C=O) groups is 1. The van der Waals surface area contributed by atoms with Crippen LogP contribution in [0.4, 0.5) is 0 Å². The maximum absolute atomic E-state index is 12.7. The summed E-state index contributed by atoms with van der Waals surface area (Å²) >= 11 is 0. The average molecular weight is 317 g/mol. The molecule has 1 amide bonds. The van der Waals surface area contributed by atoms with E-state index in [2.05, 4.69) is 15.3 Å². The van der Waals surface area contributed by atoms with Gasteiger partial charge in [0.15, 0.2) is 0 Å². The molecular formula is C15H19N5O3. The Morgan fingerprint density at radius 3 is 3.00 bits per heavy atom. The number of nitrogens with zero attached hydrogens (tertiary/aromatic N) is 5. The molecule has 2 aromatic heterocycles. The van der Waals surface area contributed by atoms with E-state index in [1.165, 1.54) is 7.11 Å². The number of rotatable bonds is 4. The van der Waals surface area contributed by atoms with Crippen molar-refractivity contribution in [2.75, 3.05) is 20.2 Å². The fraction of sp³-hybridized carbons (Fsp3) is 0.467. The first kappa shape index (κ1) is 15.4. The highest BCUT2D eigenvalue weighted by atomic mass is 16.5. The van der Waals surface area contributed by atoms with Crippen molar-refractivity contribution in [3.63, 3.8) is 0 Å². The molecule has 3 rings (SSSR count). The minimum Gasteiger partial charge on any atom is -0.481 e. The molecule has 0 bridgehead atoms. The molecule has 1 fully saturated rings. The number of β-amino-alcohol motifs (C(OH)–C–C–N with tert-alkyl or cyclic N) is 1. The molecule has 122 valence electrons. The van der Waals surface area contributed by atoms with Crippen LogP contribution in [0.3, 0.4) is 0 Å². The summed E-state index contributed by atoms with van der Waals surface area (Å²) in [6, 6.07) is 3.34. The Morgan fingerprint density at radius 1 is 1.48 bits per heavy atom. The topological polar surface area (TPSA) is 93.4 Å². The summed E-state index contributed by atoms with van der Waals surface area (Å²) in [4.78, 5) is 18.5. The van der Waals surface area contributed by atoms with Crippen molar-refractivity contribution < 1.29 is 14.6 Å². The van der Waals surface area contributed by atoms with Crippen LogP contribution >= 0.6 is 0 Å². The highest BCUT2D eigenvalue weighted by Crippen LogP contribution is 2.25. The molecule has 0 radical (unpaired) electrons. The van der Waals surface area contributed by atoms with Gasteiger partial charge < -0.3 is 14.7 Å². The third-order valence-corrected chi connectivity index (χ3v) is 3.93. The van der Waals surface area contributed by atoms with Gasteiger partial charge in [0.1, 0.15) is 5.60 Å². The van der Waals surface area contributed by atoms with Gasteiger partial charge in [-0.25, -0.2) is 9.67 Å². The third-order valence-electron chi connectivity index (χ3n) is 3.93. The van der Waals surface area contributed by atoms with Crippen LogP contribution in [0, 0.1) is 6.92 Å².